The number of hydrogen-bond donors (Lipinski definition) is 1. The number of fused-ring (bicyclic) bond motifs is 1. The number of sulfone groups is 1. The zero-order valence-corrected chi connectivity index (χ0v) is 20.0. The summed E-state index contributed by atoms with van der Waals surface area (Å²) in [7, 11) is -2.21. The molecular weight excluding hydrogens is 446 g/mol. The lowest BCUT2D eigenvalue weighted by atomic mass is 9.89. The fourth-order valence-corrected chi connectivity index (χ4v) is 6.73. The Balaban J connectivity index is 1.85. The molecule has 1 aromatic heterocycles. The van der Waals surface area contributed by atoms with Gasteiger partial charge in [-0.15, -0.1) is 11.3 Å². The van der Waals surface area contributed by atoms with Gasteiger partial charge < -0.3 is 14.8 Å². The Hall–Kier alpha value is -2.84. The zero-order valence-electron chi connectivity index (χ0n) is 18.3. The number of nitrogens with one attached hydrogen (secondary N) is 1. The quantitative estimate of drug-likeness (QED) is 0.537. The molecule has 1 aliphatic heterocycles. The number of hydrogen-bond acceptors (Lipinski definition) is 6. The summed E-state index contributed by atoms with van der Waals surface area (Å²) in [5.74, 6) is 0.578. The maximum absolute atomic E-state index is 13.4. The van der Waals surface area contributed by atoms with Gasteiger partial charge in [-0.2, -0.15) is 0 Å². The largest absolute Gasteiger partial charge is 0.493 e. The highest BCUT2D eigenvalue weighted by Crippen LogP contribution is 2.49. The summed E-state index contributed by atoms with van der Waals surface area (Å²) in [6.45, 7) is 5.75. The van der Waals surface area contributed by atoms with Gasteiger partial charge in [-0.1, -0.05) is 29.8 Å². The van der Waals surface area contributed by atoms with Crippen molar-refractivity contribution in [3.63, 3.8) is 0 Å². The van der Waals surface area contributed by atoms with Gasteiger partial charge in [0.15, 0.2) is 11.5 Å². The molecule has 2 aromatic carbocycles. The number of benzene rings is 2. The van der Waals surface area contributed by atoms with Crippen molar-refractivity contribution in [3.8, 4) is 11.5 Å². The predicted octanol–water partition coefficient (Wildman–Crippen LogP) is 5.16. The van der Waals surface area contributed by atoms with Crippen LogP contribution < -0.4 is 14.8 Å². The number of ether oxygens (including phenoxy) is 2. The van der Waals surface area contributed by atoms with Crippen LogP contribution in [0.15, 0.2) is 57.6 Å². The highest BCUT2D eigenvalue weighted by Gasteiger charge is 2.36. The molecule has 0 saturated carbocycles. The van der Waals surface area contributed by atoms with Gasteiger partial charge in [0.1, 0.15) is 4.90 Å². The molecule has 0 spiro atoms. The Morgan fingerprint density at radius 1 is 1.12 bits per heavy atom. The molecule has 1 N–H and O–H groups in total. The summed E-state index contributed by atoms with van der Waals surface area (Å²) in [4.78, 5) is 13.8. The molecule has 0 fully saturated rings. The van der Waals surface area contributed by atoms with Gasteiger partial charge in [0.2, 0.25) is 15.7 Å². The van der Waals surface area contributed by atoms with E-state index in [0.29, 0.717) is 17.2 Å². The Bertz CT molecular complexity index is 1260. The Morgan fingerprint density at radius 3 is 2.50 bits per heavy atom. The highest BCUT2D eigenvalue weighted by atomic mass is 32.2. The Morgan fingerprint density at radius 2 is 1.84 bits per heavy atom. The monoisotopic (exact) mass is 471 g/mol. The topological polar surface area (TPSA) is 81.7 Å². The molecule has 0 aliphatic carbocycles. The van der Waals surface area contributed by atoms with E-state index in [4.69, 9.17) is 9.47 Å². The lowest BCUT2D eigenvalue weighted by Gasteiger charge is -2.27. The fraction of sp³-hybridized carbons (Fsp3) is 0.292. The van der Waals surface area contributed by atoms with Gasteiger partial charge in [-0.25, -0.2) is 8.42 Å². The smallest absolute Gasteiger partial charge is 0.225 e. The fourth-order valence-electron chi connectivity index (χ4n) is 3.83. The summed E-state index contributed by atoms with van der Waals surface area (Å²) in [6, 6.07) is 12.3. The van der Waals surface area contributed by atoms with Gasteiger partial charge in [0, 0.05) is 28.2 Å². The third-order valence-electron chi connectivity index (χ3n) is 5.34. The number of rotatable bonds is 6. The van der Waals surface area contributed by atoms with Gasteiger partial charge in [-0.05, 0) is 39.0 Å². The first-order valence-corrected chi connectivity index (χ1v) is 12.6. The molecular formula is C24H25NO5S2. The number of carbonyl (C=O) groups is 1. The van der Waals surface area contributed by atoms with Crippen molar-refractivity contribution in [1.29, 1.82) is 0 Å². The highest BCUT2D eigenvalue weighted by molar-refractivity contribution is 7.91. The van der Waals surface area contributed by atoms with Crippen LogP contribution in [-0.2, 0) is 14.6 Å². The third kappa shape index (κ3) is 4.00. The Kier molecular flexibility index (Phi) is 6.01. The van der Waals surface area contributed by atoms with E-state index in [2.05, 4.69) is 5.32 Å². The first-order chi connectivity index (χ1) is 15.2. The molecule has 32 heavy (non-hydrogen) atoms. The molecule has 2 heterocycles. The molecule has 0 saturated heterocycles. The van der Waals surface area contributed by atoms with Crippen molar-refractivity contribution in [2.45, 2.75) is 49.0 Å². The minimum absolute atomic E-state index is 0.0947. The number of methoxy groups -OCH3 is 1. The lowest BCUT2D eigenvalue weighted by molar-refractivity contribution is -0.116. The van der Waals surface area contributed by atoms with Crippen molar-refractivity contribution in [1.82, 2.24) is 0 Å². The third-order valence-corrected chi connectivity index (χ3v) is 8.37. The summed E-state index contributed by atoms with van der Waals surface area (Å²) in [6.07, 6.45) is 0.0989. The van der Waals surface area contributed by atoms with E-state index in [0.717, 1.165) is 16.0 Å². The van der Waals surface area contributed by atoms with Gasteiger partial charge in [0.25, 0.3) is 0 Å². The summed E-state index contributed by atoms with van der Waals surface area (Å²) in [5.41, 5.74) is 2.13. The second-order valence-corrected chi connectivity index (χ2v) is 10.8. The lowest BCUT2D eigenvalue weighted by Crippen LogP contribution is -2.24. The molecule has 1 aliphatic rings. The Labute approximate surface area is 192 Å². The predicted molar refractivity (Wildman–Crippen MR) is 125 cm³/mol. The SMILES string of the molecule is COc1cccc(C2CC(=O)Nc3c(S(=O)(=O)c4ccc(C)cc4)csc32)c1OC(C)C. The van der Waals surface area contributed by atoms with E-state index >= 15 is 0 Å². The van der Waals surface area contributed by atoms with Gasteiger partial charge >= 0.3 is 0 Å². The average molecular weight is 472 g/mol. The van der Waals surface area contributed by atoms with Crippen molar-refractivity contribution in [3.05, 3.63) is 63.8 Å². The summed E-state index contributed by atoms with van der Waals surface area (Å²) < 4.78 is 38.3. The molecule has 0 bridgehead atoms. The minimum atomic E-state index is -3.79. The normalized spacial score (nSPS) is 15.9. The number of amides is 1. The average Bonchev–Trinajstić information content (AvgIpc) is 3.18. The van der Waals surface area contributed by atoms with Gasteiger partial charge in [-0.3, -0.25) is 4.79 Å². The first-order valence-electron chi connectivity index (χ1n) is 10.3. The van der Waals surface area contributed by atoms with E-state index in [-0.39, 0.29) is 34.1 Å². The maximum atomic E-state index is 13.4. The summed E-state index contributed by atoms with van der Waals surface area (Å²) in [5, 5.41) is 4.42. The summed E-state index contributed by atoms with van der Waals surface area (Å²) >= 11 is 1.33. The first kappa shape index (κ1) is 22.4. The van der Waals surface area contributed by atoms with E-state index in [1.165, 1.54) is 11.3 Å². The second kappa shape index (κ2) is 8.60. The number of aryl methyl sites for hydroxylation is 1. The number of thiophene rings is 1. The second-order valence-electron chi connectivity index (χ2n) is 8.01. The molecule has 168 valence electrons. The van der Waals surface area contributed by atoms with Crippen LogP contribution in [0, 0.1) is 6.92 Å². The molecule has 4 rings (SSSR count). The van der Waals surface area contributed by atoms with Crippen molar-refractivity contribution in [2.24, 2.45) is 0 Å². The maximum Gasteiger partial charge on any atom is 0.225 e. The molecule has 3 aromatic rings. The van der Waals surface area contributed by atoms with Gasteiger partial charge in [0.05, 0.1) is 23.8 Å². The van der Waals surface area contributed by atoms with E-state index in [1.54, 1.807) is 36.8 Å². The minimum Gasteiger partial charge on any atom is -0.493 e. The van der Waals surface area contributed by atoms with Crippen LogP contribution in [0.2, 0.25) is 0 Å². The standard InChI is InChI=1S/C24H25NO5S2/c1-14(2)30-23-17(6-5-7-19(23)29-4)18-12-21(26)25-22-20(13-31-24(18)22)32(27,28)16-10-8-15(3)9-11-16/h5-11,13-14,18H,12H2,1-4H3,(H,25,26). The van der Waals surface area contributed by atoms with Crippen molar-refractivity contribution < 1.29 is 22.7 Å². The van der Waals surface area contributed by atoms with Crippen LogP contribution in [0.1, 0.15) is 42.2 Å². The number of anilines is 1. The molecule has 1 amide bonds. The van der Waals surface area contributed by atoms with Crippen molar-refractivity contribution in [2.75, 3.05) is 12.4 Å². The molecule has 6 nitrogen and oxygen atoms in total. The van der Waals surface area contributed by atoms with Crippen LogP contribution in [-0.4, -0.2) is 27.5 Å². The molecule has 1 unspecified atom stereocenters. The number of para-hydroxylation sites is 1. The van der Waals surface area contributed by atoms with E-state index in [1.807, 2.05) is 39.0 Å². The molecule has 8 heteroatoms. The molecule has 0 radical (unpaired) electrons. The number of carbonyl (C=O) groups excluding carboxylic acids is 1. The molecule has 1 atom stereocenters. The van der Waals surface area contributed by atoms with Crippen LogP contribution in [0.25, 0.3) is 0 Å². The zero-order chi connectivity index (χ0) is 23.0. The van der Waals surface area contributed by atoms with Crippen LogP contribution in [0.4, 0.5) is 5.69 Å². The van der Waals surface area contributed by atoms with Crippen molar-refractivity contribution >= 4 is 32.8 Å². The van der Waals surface area contributed by atoms with Crippen LogP contribution in [0.5, 0.6) is 11.5 Å². The van der Waals surface area contributed by atoms with Crippen LogP contribution in [0.3, 0.4) is 0 Å². The van der Waals surface area contributed by atoms with E-state index in [9.17, 15) is 13.2 Å². The van der Waals surface area contributed by atoms with Crippen LogP contribution >= 0.6 is 11.3 Å². The van der Waals surface area contributed by atoms with E-state index < -0.39 is 9.84 Å².